The smallest absolute Gasteiger partial charge is 0.162 e. The first-order valence-corrected chi connectivity index (χ1v) is 5.63. The van der Waals surface area contributed by atoms with Crippen LogP contribution in [0.4, 0.5) is 5.69 Å². The molecule has 0 atom stereocenters. The molecule has 0 spiro atoms. The zero-order chi connectivity index (χ0) is 13.1. The van der Waals surface area contributed by atoms with Crippen LogP contribution in [0.25, 0.3) is 0 Å². The Morgan fingerprint density at radius 3 is 2.18 bits per heavy atom. The second kappa shape index (κ2) is 5.27. The van der Waals surface area contributed by atoms with Crippen LogP contribution < -0.4 is 20.5 Å². The van der Waals surface area contributed by atoms with E-state index in [0.717, 1.165) is 22.7 Å². The molecule has 1 aromatic rings. The predicted molar refractivity (Wildman–Crippen MR) is 71.0 cm³/mol. The van der Waals surface area contributed by atoms with Gasteiger partial charge in [-0.3, -0.25) is 0 Å². The van der Waals surface area contributed by atoms with Crippen LogP contribution in [0.15, 0.2) is 12.1 Å². The van der Waals surface area contributed by atoms with Crippen molar-refractivity contribution in [1.82, 2.24) is 0 Å². The summed E-state index contributed by atoms with van der Waals surface area (Å²) in [7, 11) is 3.26. The van der Waals surface area contributed by atoms with Crippen molar-refractivity contribution in [2.45, 2.75) is 26.3 Å². The number of ether oxygens (including phenoxy) is 2. The van der Waals surface area contributed by atoms with Gasteiger partial charge < -0.3 is 20.5 Å². The van der Waals surface area contributed by atoms with E-state index in [-0.39, 0.29) is 5.54 Å². The van der Waals surface area contributed by atoms with Crippen LogP contribution in [-0.4, -0.2) is 26.3 Å². The van der Waals surface area contributed by atoms with Crippen molar-refractivity contribution >= 4 is 5.69 Å². The van der Waals surface area contributed by atoms with Gasteiger partial charge >= 0.3 is 0 Å². The average molecular weight is 238 g/mol. The molecule has 0 bridgehead atoms. The third-order valence-corrected chi connectivity index (χ3v) is 2.47. The topological polar surface area (TPSA) is 56.5 Å². The number of benzene rings is 1. The van der Waals surface area contributed by atoms with E-state index in [1.165, 1.54) is 0 Å². The molecule has 0 aliphatic carbocycles. The largest absolute Gasteiger partial charge is 0.493 e. The van der Waals surface area contributed by atoms with Gasteiger partial charge in [-0.05, 0) is 32.4 Å². The van der Waals surface area contributed by atoms with Gasteiger partial charge in [-0.2, -0.15) is 0 Å². The minimum absolute atomic E-state index is 0.250. The van der Waals surface area contributed by atoms with E-state index in [1.807, 2.05) is 32.9 Å². The fourth-order valence-electron chi connectivity index (χ4n) is 1.49. The fourth-order valence-corrected chi connectivity index (χ4v) is 1.49. The molecule has 4 heteroatoms. The van der Waals surface area contributed by atoms with E-state index in [2.05, 4.69) is 5.32 Å². The minimum Gasteiger partial charge on any atom is -0.493 e. The Hall–Kier alpha value is -1.42. The number of hydrogen-bond donors (Lipinski definition) is 2. The van der Waals surface area contributed by atoms with Crippen LogP contribution in [0.1, 0.15) is 19.4 Å². The van der Waals surface area contributed by atoms with E-state index in [1.54, 1.807) is 14.2 Å². The Balaban J connectivity index is 2.93. The second-order valence-corrected chi connectivity index (χ2v) is 4.86. The van der Waals surface area contributed by atoms with Crippen molar-refractivity contribution < 1.29 is 9.47 Å². The van der Waals surface area contributed by atoms with Crippen LogP contribution in [0, 0.1) is 6.92 Å². The fraction of sp³-hybridized carbons (Fsp3) is 0.538. The molecule has 96 valence electrons. The Bertz CT molecular complexity index is 384. The molecule has 3 N–H and O–H groups in total. The van der Waals surface area contributed by atoms with Gasteiger partial charge in [0.2, 0.25) is 0 Å². The zero-order valence-corrected chi connectivity index (χ0v) is 11.3. The number of nitrogens with one attached hydrogen (secondary N) is 1. The number of methoxy groups -OCH3 is 2. The molecular weight excluding hydrogens is 216 g/mol. The van der Waals surface area contributed by atoms with Crippen molar-refractivity contribution in [2.75, 3.05) is 26.1 Å². The first-order chi connectivity index (χ1) is 7.87. The lowest BCUT2D eigenvalue weighted by atomic mass is 10.1. The summed E-state index contributed by atoms with van der Waals surface area (Å²) in [6.07, 6.45) is 0. The highest BCUT2D eigenvalue weighted by Crippen LogP contribution is 2.32. The molecule has 0 fully saturated rings. The van der Waals surface area contributed by atoms with Crippen molar-refractivity contribution in [3.05, 3.63) is 17.7 Å². The van der Waals surface area contributed by atoms with Crippen LogP contribution in [0.5, 0.6) is 11.5 Å². The van der Waals surface area contributed by atoms with Gasteiger partial charge in [0.25, 0.3) is 0 Å². The van der Waals surface area contributed by atoms with Crippen molar-refractivity contribution in [1.29, 1.82) is 0 Å². The summed E-state index contributed by atoms with van der Waals surface area (Å²) in [4.78, 5) is 0. The van der Waals surface area contributed by atoms with Crippen LogP contribution in [0.3, 0.4) is 0 Å². The van der Waals surface area contributed by atoms with Crippen molar-refractivity contribution in [2.24, 2.45) is 5.73 Å². The molecule has 1 rings (SSSR count). The Morgan fingerprint density at radius 1 is 1.18 bits per heavy atom. The molecule has 0 aliphatic rings. The molecule has 0 heterocycles. The lowest BCUT2D eigenvalue weighted by Crippen LogP contribution is -2.39. The molecule has 0 aromatic heterocycles. The van der Waals surface area contributed by atoms with Crippen LogP contribution in [-0.2, 0) is 0 Å². The van der Waals surface area contributed by atoms with Gasteiger partial charge in [0.15, 0.2) is 11.5 Å². The SMILES string of the molecule is COc1cc(C)c(NCC(C)(C)N)cc1OC. The van der Waals surface area contributed by atoms with Crippen molar-refractivity contribution in [3.63, 3.8) is 0 Å². The van der Waals surface area contributed by atoms with Gasteiger partial charge in [0.05, 0.1) is 14.2 Å². The third-order valence-electron chi connectivity index (χ3n) is 2.47. The van der Waals surface area contributed by atoms with Gasteiger partial charge in [-0.1, -0.05) is 0 Å². The minimum atomic E-state index is -0.250. The molecule has 0 aliphatic heterocycles. The molecular formula is C13H22N2O2. The van der Waals surface area contributed by atoms with E-state index in [4.69, 9.17) is 15.2 Å². The van der Waals surface area contributed by atoms with E-state index in [9.17, 15) is 0 Å². The number of anilines is 1. The summed E-state index contributed by atoms with van der Waals surface area (Å²) < 4.78 is 10.5. The van der Waals surface area contributed by atoms with Gasteiger partial charge in [-0.25, -0.2) is 0 Å². The monoisotopic (exact) mass is 238 g/mol. The highest BCUT2D eigenvalue weighted by atomic mass is 16.5. The molecule has 0 saturated carbocycles. The molecule has 0 amide bonds. The summed E-state index contributed by atoms with van der Waals surface area (Å²) in [6, 6.07) is 3.88. The zero-order valence-electron chi connectivity index (χ0n) is 11.3. The third kappa shape index (κ3) is 3.82. The Labute approximate surface area is 103 Å². The van der Waals surface area contributed by atoms with E-state index < -0.39 is 0 Å². The number of aryl methyl sites for hydroxylation is 1. The van der Waals surface area contributed by atoms with Crippen LogP contribution in [0.2, 0.25) is 0 Å². The summed E-state index contributed by atoms with van der Waals surface area (Å²) in [6.45, 7) is 6.68. The summed E-state index contributed by atoms with van der Waals surface area (Å²) in [5.41, 5.74) is 7.81. The maximum Gasteiger partial charge on any atom is 0.162 e. The van der Waals surface area contributed by atoms with Gasteiger partial charge in [0, 0.05) is 23.8 Å². The van der Waals surface area contributed by atoms with Gasteiger partial charge in [0.1, 0.15) is 0 Å². The normalized spacial score (nSPS) is 11.2. The standard InChI is InChI=1S/C13H22N2O2/c1-9-6-11(16-4)12(17-5)7-10(9)15-8-13(2,3)14/h6-7,15H,8,14H2,1-5H3. The molecule has 17 heavy (non-hydrogen) atoms. The first-order valence-electron chi connectivity index (χ1n) is 5.63. The van der Waals surface area contributed by atoms with Gasteiger partial charge in [-0.15, -0.1) is 0 Å². The average Bonchev–Trinajstić information content (AvgIpc) is 2.25. The second-order valence-electron chi connectivity index (χ2n) is 4.86. The number of hydrogen-bond acceptors (Lipinski definition) is 4. The molecule has 0 radical (unpaired) electrons. The quantitative estimate of drug-likeness (QED) is 0.825. The Morgan fingerprint density at radius 2 is 1.71 bits per heavy atom. The molecule has 0 unspecified atom stereocenters. The summed E-state index contributed by atoms with van der Waals surface area (Å²) in [5, 5.41) is 3.32. The summed E-state index contributed by atoms with van der Waals surface area (Å²) in [5.74, 6) is 1.46. The predicted octanol–water partition coefficient (Wildman–Crippen LogP) is 2.16. The molecule has 0 saturated heterocycles. The maximum absolute atomic E-state index is 5.94. The first kappa shape index (κ1) is 13.6. The maximum atomic E-state index is 5.94. The van der Waals surface area contributed by atoms with Crippen molar-refractivity contribution in [3.8, 4) is 11.5 Å². The highest BCUT2D eigenvalue weighted by Gasteiger charge is 2.13. The summed E-state index contributed by atoms with van der Waals surface area (Å²) >= 11 is 0. The van der Waals surface area contributed by atoms with Crippen LogP contribution >= 0.6 is 0 Å². The lowest BCUT2D eigenvalue weighted by Gasteiger charge is -2.21. The molecule has 1 aromatic carbocycles. The Kier molecular flexibility index (Phi) is 4.23. The van der Waals surface area contributed by atoms with E-state index in [0.29, 0.717) is 6.54 Å². The highest BCUT2D eigenvalue weighted by molar-refractivity contribution is 5.60. The number of rotatable bonds is 5. The number of nitrogens with two attached hydrogens (primary N) is 1. The molecule has 4 nitrogen and oxygen atoms in total. The lowest BCUT2D eigenvalue weighted by molar-refractivity contribution is 0.355. The van der Waals surface area contributed by atoms with E-state index >= 15 is 0 Å².